The van der Waals surface area contributed by atoms with Gasteiger partial charge < -0.3 is 0 Å². The summed E-state index contributed by atoms with van der Waals surface area (Å²) in [7, 11) is 0. The van der Waals surface area contributed by atoms with Gasteiger partial charge in [0.2, 0.25) is 0 Å². The molecule has 1 nitrogen and oxygen atoms in total. The predicted molar refractivity (Wildman–Crippen MR) is 92.2 cm³/mol. The summed E-state index contributed by atoms with van der Waals surface area (Å²) in [5, 5.41) is 0. The van der Waals surface area contributed by atoms with Crippen LogP contribution in [0, 0.1) is 5.41 Å². The fourth-order valence-corrected chi connectivity index (χ4v) is 4.41. The number of piperidine rings is 1. The molecule has 1 saturated carbocycles. The van der Waals surface area contributed by atoms with Gasteiger partial charge in [0.15, 0.2) is 0 Å². The molecule has 1 spiro atoms. The molecular formula is C21H22F3N. The molecular weight excluding hydrogens is 323 g/mol. The monoisotopic (exact) mass is 345 g/mol. The van der Waals surface area contributed by atoms with E-state index in [0.29, 0.717) is 5.92 Å². The minimum absolute atomic E-state index is 0.271. The van der Waals surface area contributed by atoms with E-state index < -0.39 is 11.7 Å². The van der Waals surface area contributed by atoms with Gasteiger partial charge in [-0.3, -0.25) is 4.90 Å². The van der Waals surface area contributed by atoms with Gasteiger partial charge >= 0.3 is 6.18 Å². The number of alkyl halides is 3. The molecule has 2 aliphatic rings. The molecule has 4 rings (SSSR count). The fraction of sp³-hybridized carbons (Fsp3) is 0.429. The highest BCUT2D eigenvalue weighted by Crippen LogP contribution is 2.63. The van der Waals surface area contributed by atoms with Crippen LogP contribution in [-0.4, -0.2) is 18.0 Å². The maximum atomic E-state index is 12.7. The number of likely N-dealkylation sites (tertiary alicyclic amines) is 1. The number of rotatable bonds is 3. The van der Waals surface area contributed by atoms with Gasteiger partial charge in [-0.1, -0.05) is 42.5 Å². The Kier molecular flexibility index (Phi) is 4.11. The van der Waals surface area contributed by atoms with Crippen molar-refractivity contribution in [1.82, 2.24) is 4.90 Å². The van der Waals surface area contributed by atoms with Crippen molar-refractivity contribution in [3.8, 4) is 0 Å². The second-order valence-electron chi connectivity index (χ2n) is 7.54. The molecule has 0 bridgehead atoms. The molecule has 0 amide bonds. The molecule has 2 fully saturated rings. The van der Waals surface area contributed by atoms with Crippen molar-refractivity contribution in [3.05, 3.63) is 71.3 Å². The molecule has 0 N–H and O–H groups in total. The molecule has 0 radical (unpaired) electrons. The second kappa shape index (κ2) is 6.17. The molecule has 0 aromatic heterocycles. The van der Waals surface area contributed by atoms with Crippen LogP contribution in [-0.2, 0) is 12.7 Å². The van der Waals surface area contributed by atoms with Crippen molar-refractivity contribution in [3.63, 3.8) is 0 Å². The molecule has 132 valence electrons. The summed E-state index contributed by atoms with van der Waals surface area (Å²) in [5.41, 5.74) is 2.11. The number of hydrogen-bond donors (Lipinski definition) is 0. The average Bonchev–Trinajstić information content (AvgIpc) is 3.28. The standard InChI is InChI=1S/C21H22F3N/c22-21(23,24)18-9-7-17(8-10-18)19-13-20(19)11-4-12-25(15-20)14-16-5-2-1-3-6-16/h1-3,5-10,19H,4,11-15H2/t19?,20-/m1/s1. The number of benzene rings is 2. The van der Waals surface area contributed by atoms with Gasteiger partial charge in [-0.2, -0.15) is 13.2 Å². The zero-order valence-corrected chi connectivity index (χ0v) is 14.1. The van der Waals surface area contributed by atoms with E-state index in [9.17, 15) is 13.2 Å². The zero-order chi connectivity index (χ0) is 17.5. The average molecular weight is 345 g/mol. The number of hydrogen-bond acceptors (Lipinski definition) is 1. The first-order chi connectivity index (χ1) is 12.0. The lowest BCUT2D eigenvalue weighted by atomic mass is 9.89. The van der Waals surface area contributed by atoms with E-state index in [2.05, 4.69) is 29.2 Å². The molecule has 2 aromatic carbocycles. The summed E-state index contributed by atoms with van der Waals surface area (Å²) in [6.45, 7) is 3.12. The Morgan fingerprint density at radius 3 is 2.40 bits per heavy atom. The molecule has 1 unspecified atom stereocenters. The third-order valence-electron chi connectivity index (χ3n) is 5.77. The van der Waals surface area contributed by atoms with Crippen molar-refractivity contribution in [2.24, 2.45) is 5.41 Å². The van der Waals surface area contributed by atoms with E-state index >= 15 is 0 Å². The Bertz CT molecular complexity index is 723. The minimum atomic E-state index is -4.25. The van der Waals surface area contributed by atoms with E-state index in [4.69, 9.17) is 0 Å². The maximum Gasteiger partial charge on any atom is 0.416 e. The van der Waals surface area contributed by atoms with E-state index in [1.54, 1.807) is 12.1 Å². The first-order valence-corrected chi connectivity index (χ1v) is 8.90. The van der Waals surface area contributed by atoms with E-state index in [1.807, 2.05) is 6.07 Å². The highest BCUT2D eigenvalue weighted by Gasteiger charge is 2.55. The summed E-state index contributed by atoms with van der Waals surface area (Å²) >= 11 is 0. The van der Waals surface area contributed by atoms with Crippen LogP contribution in [0.5, 0.6) is 0 Å². The van der Waals surface area contributed by atoms with Crippen molar-refractivity contribution < 1.29 is 13.2 Å². The third kappa shape index (κ3) is 3.45. The molecule has 1 aliphatic heterocycles. The van der Waals surface area contributed by atoms with Crippen LogP contribution in [0.25, 0.3) is 0 Å². The van der Waals surface area contributed by atoms with Crippen LogP contribution < -0.4 is 0 Å². The maximum absolute atomic E-state index is 12.7. The first-order valence-electron chi connectivity index (χ1n) is 8.90. The van der Waals surface area contributed by atoms with Gasteiger partial charge in [0.05, 0.1) is 5.56 Å². The van der Waals surface area contributed by atoms with Crippen LogP contribution >= 0.6 is 0 Å². The highest BCUT2D eigenvalue weighted by atomic mass is 19.4. The predicted octanol–water partition coefficient (Wildman–Crippen LogP) is 5.48. The third-order valence-corrected chi connectivity index (χ3v) is 5.77. The lowest BCUT2D eigenvalue weighted by Gasteiger charge is -2.34. The van der Waals surface area contributed by atoms with Crippen LogP contribution in [0.1, 0.15) is 41.9 Å². The van der Waals surface area contributed by atoms with E-state index in [-0.39, 0.29) is 5.41 Å². The van der Waals surface area contributed by atoms with Crippen molar-refractivity contribution in [2.45, 2.75) is 37.9 Å². The van der Waals surface area contributed by atoms with Crippen molar-refractivity contribution >= 4 is 0 Å². The Morgan fingerprint density at radius 2 is 1.72 bits per heavy atom. The Morgan fingerprint density at radius 1 is 1.00 bits per heavy atom. The van der Waals surface area contributed by atoms with Crippen LogP contribution in [0.2, 0.25) is 0 Å². The van der Waals surface area contributed by atoms with Gasteiger partial charge in [-0.25, -0.2) is 0 Å². The van der Waals surface area contributed by atoms with Crippen molar-refractivity contribution in [2.75, 3.05) is 13.1 Å². The van der Waals surface area contributed by atoms with Crippen LogP contribution in [0.3, 0.4) is 0 Å². The Balaban J connectivity index is 1.43. The lowest BCUT2D eigenvalue weighted by Crippen LogP contribution is -2.36. The Hall–Kier alpha value is -1.81. The second-order valence-corrected chi connectivity index (χ2v) is 7.54. The number of halogens is 3. The highest BCUT2D eigenvalue weighted by molar-refractivity contribution is 5.34. The molecule has 1 aliphatic carbocycles. The molecule has 1 saturated heterocycles. The molecule has 2 aromatic rings. The van der Waals surface area contributed by atoms with Gasteiger partial charge in [0.1, 0.15) is 0 Å². The quantitative estimate of drug-likeness (QED) is 0.712. The molecule has 2 atom stereocenters. The van der Waals surface area contributed by atoms with E-state index in [0.717, 1.165) is 31.6 Å². The van der Waals surface area contributed by atoms with Gasteiger partial charge in [0, 0.05) is 13.1 Å². The van der Waals surface area contributed by atoms with Crippen LogP contribution in [0.4, 0.5) is 13.2 Å². The van der Waals surface area contributed by atoms with Gasteiger partial charge in [-0.15, -0.1) is 0 Å². The van der Waals surface area contributed by atoms with E-state index in [1.165, 1.54) is 30.5 Å². The van der Waals surface area contributed by atoms with Crippen LogP contribution in [0.15, 0.2) is 54.6 Å². The zero-order valence-electron chi connectivity index (χ0n) is 14.1. The summed E-state index contributed by atoms with van der Waals surface area (Å²) in [5.74, 6) is 0.411. The fourth-order valence-electron chi connectivity index (χ4n) is 4.41. The normalized spacial score (nSPS) is 26.8. The number of nitrogens with zero attached hydrogens (tertiary/aromatic N) is 1. The first kappa shape index (κ1) is 16.6. The smallest absolute Gasteiger partial charge is 0.299 e. The summed E-state index contributed by atoms with van der Waals surface area (Å²) in [6.07, 6.45) is -0.797. The molecule has 4 heteroatoms. The van der Waals surface area contributed by atoms with Crippen molar-refractivity contribution in [1.29, 1.82) is 0 Å². The largest absolute Gasteiger partial charge is 0.416 e. The minimum Gasteiger partial charge on any atom is -0.299 e. The molecule has 25 heavy (non-hydrogen) atoms. The summed E-state index contributed by atoms with van der Waals surface area (Å²) in [6, 6.07) is 16.3. The lowest BCUT2D eigenvalue weighted by molar-refractivity contribution is -0.137. The topological polar surface area (TPSA) is 3.24 Å². The molecule has 1 heterocycles. The SMILES string of the molecule is FC(F)(F)c1ccc(C2C[C@@]23CCCN(Cc2ccccc2)C3)cc1. The summed E-state index contributed by atoms with van der Waals surface area (Å²) < 4.78 is 38.2. The van der Waals surface area contributed by atoms with Gasteiger partial charge in [0.25, 0.3) is 0 Å². The summed E-state index contributed by atoms with van der Waals surface area (Å²) in [4.78, 5) is 2.50. The Labute approximate surface area is 146 Å². The van der Waals surface area contributed by atoms with Gasteiger partial charge in [-0.05, 0) is 60.4 Å².